The Morgan fingerprint density at radius 2 is 1.44 bits per heavy atom. The van der Waals surface area contributed by atoms with Gasteiger partial charge >= 0.3 is 12.4 Å². The van der Waals surface area contributed by atoms with E-state index in [1.807, 2.05) is 0 Å². The van der Waals surface area contributed by atoms with Crippen LogP contribution in [0.3, 0.4) is 0 Å². The average molecular weight is 387 g/mol. The van der Waals surface area contributed by atoms with E-state index in [0.717, 1.165) is 24.3 Å². The van der Waals surface area contributed by atoms with Crippen molar-refractivity contribution in [1.82, 2.24) is 4.98 Å². The minimum absolute atomic E-state index is 0.0465. The lowest BCUT2D eigenvalue weighted by Gasteiger charge is -2.07. The Morgan fingerprint density at radius 3 is 2.00 bits per heavy atom. The van der Waals surface area contributed by atoms with Crippen LogP contribution in [0.5, 0.6) is 5.88 Å². The zero-order valence-electron chi connectivity index (χ0n) is 13.4. The number of hydrogen-bond acceptors (Lipinski definition) is 3. The zero-order chi connectivity index (χ0) is 19.7. The molecule has 9 heteroatoms. The van der Waals surface area contributed by atoms with Gasteiger partial charge in [-0.05, 0) is 24.3 Å². The zero-order valence-corrected chi connectivity index (χ0v) is 13.4. The fraction of sp³-hybridized carbons (Fsp3) is 0.167. The Bertz CT molecular complexity index is 898. The molecule has 1 aromatic heterocycles. The van der Waals surface area contributed by atoms with Gasteiger partial charge in [0, 0.05) is 11.1 Å². The molecule has 0 aliphatic heterocycles. The highest BCUT2D eigenvalue weighted by molar-refractivity contribution is 5.66. The summed E-state index contributed by atoms with van der Waals surface area (Å²) in [6, 6.07) is 12.1. The van der Waals surface area contributed by atoms with E-state index in [9.17, 15) is 26.3 Å². The fourth-order valence-electron chi connectivity index (χ4n) is 2.25. The lowest BCUT2D eigenvalue weighted by Crippen LogP contribution is -2.19. The van der Waals surface area contributed by atoms with Gasteiger partial charge in [0.15, 0.2) is 12.4 Å². The Morgan fingerprint density at radius 1 is 0.815 bits per heavy atom. The fourth-order valence-corrected chi connectivity index (χ4v) is 2.25. The summed E-state index contributed by atoms with van der Waals surface area (Å²) < 4.78 is 85.6. The first-order valence-electron chi connectivity index (χ1n) is 7.57. The van der Waals surface area contributed by atoms with Crippen molar-refractivity contribution in [1.29, 1.82) is 0 Å². The highest BCUT2D eigenvalue weighted by atomic mass is 19.4. The van der Waals surface area contributed by atoms with Gasteiger partial charge < -0.3 is 9.15 Å². The number of rotatable bonds is 4. The summed E-state index contributed by atoms with van der Waals surface area (Å²) in [5.41, 5.74) is -0.281. The van der Waals surface area contributed by atoms with Crippen LogP contribution < -0.4 is 4.74 Å². The van der Waals surface area contributed by atoms with Crippen LogP contribution in [-0.4, -0.2) is 17.8 Å². The van der Waals surface area contributed by atoms with Gasteiger partial charge in [0.2, 0.25) is 5.89 Å². The summed E-state index contributed by atoms with van der Waals surface area (Å²) >= 11 is 0. The lowest BCUT2D eigenvalue weighted by atomic mass is 10.1. The molecule has 142 valence electrons. The topological polar surface area (TPSA) is 35.3 Å². The Labute approximate surface area is 149 Å². The summed E-state index contributed by atoms with van der Waals surface area (Å²) in [6.07, 6.45) is -9.09. The van der Waals surface area contributed by atoms with Gasteiger partial charge in [-0.1, -0.05) is 30.3 Å². The maximum absolute atomic E-state index is 12.7. The predicted molar refractivity (Wildman–Crippen MR) is 83.9 cm³/mol. The molecule has 0 fully saturated rings. The summed E-state index contributed by atoms with van der Waals surface area (Å²) in [6.45, 7) is -1.58. The molecule has 0 atom stereocenters. The molecule has 0 spiro atoms. The van der Waals surface area contributed by atoms with Gasteiger partial charge in [0.25, 0.3) is 5.88 Å². The van der Waals surface area contributed by atoms with Crippen molar-refractivity contribution in [2.75, 3.05) is 6.61 Å². The number of ether oxygens (including phenoxy) is 1. The largest absolute Gasteiger partial charge is 0.465 e. The van der Waals surface area contributed by atoms with Gasteiger partial charge in [-0.3, -0.25) is 0 Å². The first-order chi connectivity index (χ1) is 12.6. The van der Waals surface area contributed by atoms with E-state index in [1.165, 1.54) is 0 Å². The average Bonchev–Trinajstić information content (AvgIpc) is 3.04. The maximum atomic E-state index is 12.7. The molecule has 0 aliphatic carbocycles. The monoisotopic (exact) mass is 387 g/mol. The van der Waals surface area contributed by atoms with E-state index in [2.05, 4.69) is 4.98 Å². The third-order valence-electron chi connectivity index (χ3n) is 3.46. The molecule has 0 saturated carbocycles. The molecule has 0 saturated heterocycles. The highest BCUT2D eigenvalue weighted by Crippen LogP contribution is 2.36. The number of benzene rings is 2. The molecule has 0 amide bonds. The maximum Gasteiger partial charge on any atom is 0.422 e. The number of nitrogens with zero attached hydrogens (tertiary/aromatic N) is 1. The van der Waals surface area contributed by atoms with Crippen molar-refractivity contribution in [3.8, 4) is 28.7 Å². The van der Waals surface area contributed by atoms with E-state index in [-0.39, 0.29) is 17.2 Å². The summed E-state index contributed by atoms with van der Waals surface area (Å²) in [5.74, 6) is -0.595. The second-order valence-corrected chi connectivity index (χ2v) is 5.50. The van der Waals surface area contributed by atoms with Crippen molar-refractivity contribution < 1.29 is 35.5 Å². The van der Waals surface area contributed by atoms with Crippen LogP contribution >= 0.6 is 0 Å². The van der Waals surface area contributed by atoms with Crippen LogP contribution in [0.4, 0.5) is 26.3 Å². The van der Waals surface area contributed by atoms with Crippen LogP contribution in [0.25, 0.3) is 22.8 Å². The lowest BCUT2D eigenvalue weighted by molar-refractivity contribution is -0.154. The second kappa shape index (κ2) is 6.98. The predicted octanol–water partition coefficient (Wildman–Crippen LogP) is 5.97. The molecule has 0 aliphatic rings. The van der Waals surface area contributed by atoms with Crippen molar-refractivity contribution in [3.05, 3.63) is 60.2 Å². The van der Waals surface area contributed by atoms with Gasteiger partial charge in [-0.15, -0.1) is 0 Å². The number of oxazole rings is 1. The highest BCUT2D eigenvalue weighted by Gasteiger charge is 2.31. The second-order valence-electron chi connectivity index (χ2n) is 5.50. The Hall–Kier alpha value is -2.97. The molecule has 3 rings (SSSR count). The molecular weight excluding hydrogens is 376 g/mol. The summed E-state index contributed by atoms with van der Waals surface area (Å²) in [7, 11) is 0. The normalized spacial score (nSPS) is 12.2. The molecule has 3 aromatic rings. The molecular formula is C18H11F6NO2. The number of halogens is 6. The van der Waals surface area contributed by atoms with Gasteiger partial charge in [-0.2, -0.15) is 31.3 Å². The van der Waals surface area contributed by atoms with E-state index >= 15 is 0 Å². The SMILES string of the molecule is FC(F)(F)COc1nc(-c2ccc(C(F)(F)F)cc2)oc1-c1ccccc1. The quantitative estimate of drug-likeness (QED) is 0.518. The van der Waals surface area contributed by atoms with Crippen LogP contribution in [-0.2, 0) is 6.18 Å². The van der Waals surface area contributed by atoms with Crippen LogP contribution in [0, 0.1) is 0 Å². The standard InChI is InChI=1S/C18H11F6NO2/c19-17(20,21)10-26-16-14(11-4-2-1-3-5-11)27-15(25-16)12-6-8-13(9-7-12)18(22,23)24/h1-9H,10H2. The minimum Gasteiger partial charge on any atom is -0.465 e. The molecule has 1 heterocycles. The molecule has 0 unspecified atom stereocenters. The minimum atomic E-state index is -4.58. The van der Waals surface area contributed by atoms with Crippen molar-refractivity contribution >= 4 is 0 Å². The molecule has 3 nitrogen and oxygen atoms in total. The molecule has 2 aromatic carbocycles. The third kappa shape index (κ3) is 4.60. The first-order valence-corrected chi connectivity index (χ1v) is 7.57. The van der Waals surface area contributed by atoms with E-state index in [4.69, 9.17) is 9.15 Å². The van der Waals surface area contributed by atoms with E-state index in [1.54, 1.807) is 30.3 Å². The smallest absolute Gasteiger partial charge is 0.422 e. The first kappa shape index (κ1) is 18.8. The number of alkyl halides is 6. The third-order valence-corrected chi connectivity index (χ3v) is 3.46. The van der Waals surface area contributed by atoms with Gasteiger partial charge in [0.05, 0.1) is 5.56 Å². The van der Waals surface area contributed by atoms with E-state index in [0.29, 0.717) is 5.56 Å². The molecule has 0 radical (unpaired) electrons. The number of hydrogen-bond donors (Lipinski definition) is 0. The Kier molecular flexibility index (Phi) is 4.86. The van der Waals surface area contributed by atoms with E-state index < -0.39 is 30.4 Å². The number of aromatic nitrogens is 1. The molecule has 0 N–H and O–H groups in total. The van der Waals surface area contributed by atoms with Crippen molar-refractivity contribution in [3.63, 3.8) is 0 Å². The van der Waals surface area contributed by atoms with Crippen molar-refractivity contribution in [2.45, 2.75) is 12.4 Å². The summed E-state index contributed by atoms with van der Waals surface area (Å²) in [4.78, 5) is 3.88. The van der Waals surface area contributed by atoms with Gasteiger partial charge in [-0.25, -0.2) is 0 Å². The summed E-state index contributed by atoms with van der Waals surface area (Å²) in [5, 5.41) is 0. The van der Waals surface area contributed by atoms with Crippen LogP contribution in [0.1, 0.15) is 5.56 Å². The van der Waals surface area contributed by atoms with Gasteiger partial charge in [0.1, 0.15) is 0 Å². The van der Waals surface area contributed by atoms with Crippen LogP contribution in [0.2, 0.25) is 0 Å². The van der Waals surface area contributed by atoms with Crippen molar-refractivity contribution in [2.24, 2.45) is 0 Å². The molecule has 27 heavy (non-hydrogen) atoms. The molecule has 0 bridgehead atoms. The Balaban J connectivity index is 1.98. The van der Waals surface area contributed by atoms with Crippen LogP contribution in [0.15, 0.2) is 59.0 Å².